The molecule has 0 radical (unpaired) electrons. The number of aliphatic hydroxyl groups excluding tert-OH is 2. The lowest BCUT2D eigenvalue weighted by atomic mass is 10.0. The Balaban J connectivity index is 4.57. The molecule has 586 valence electrons. The summed E-state index contributed by atoms with van der Waals surface area (Å²) in [5.41, 5.74) is 0. The number of hydrogen-bond acceptors (Lipinski definition) is 14. The van der Waals surface area contributed by atoms with Crippen LogP contribution in [-0.4, -0.2) is 95.9 Å². The van der Waals surface area contributed by atoms with Gasteiger partial charge in [-0.3, -0.25) is 32.5 Å². The molecule has 0 spiro atoms. The molecular formula is C85H140O16P2. The van der Waals surface area contributed by atoms with Gasteiger partial charge in [0.15, 0.2) is 6.10 Å². The summed E-state index contributed by atoms with van der Waals surface area (Å²) in [6.45, 7) is 2.23. The van der Waals surface area contributed by atoms with Crippen molar-refractivity contribution in [2.45, 2.75) is 309 Å². The largest absolute Gasteiger partial charge is 0.472 e. The van der Waals surface area contributed by atoms with Crippen LogP contribution in [0.25, 0.3) is 0 Å². The molecule has 0 fully saturated rings. The number of rotatable bonds is 73. The van der Waals surface area contributed by atoms with Crippen LogP contribution in [0.5, 0.6) is 0 Å². The Hall–Kier alpha value is -5.09. The summed E-state index contributed by atoms with van der Waals surface area (Å²) in [5, 5.41) is 20.6. The Bertz CT molecular complexity index is 2550. The van der Waals surface area contributed by atoms with Gasteiger partial charge >= 0.3 is 33.6 Å². The molecule has 4 N–H and O–H groups in total. The average molecular weight is 1480 g/mol. The summed E-state index contributed by atoms with van der Waals surface area (Å²) in [6, 6.07) is 0. The van der Waals surface area contributed by atoms with Crippen LogP contribution in [0, 0.1) is 0 Å². The first kappa shape index (κ1) is 97.9. The number of carbonyl (C=O) groups is 3. The molecule has 103 heavy (non-hydrogen) atoms. The topological polar surface area (TPSA) is 231 Å². The number of unbranched alkanes of at least 4 members (excludes halogenated alkanes) is 22. The minimum absolute atomic E-state index is 0.0377. The molecule has 0 aliphatic carbocycles. The molecule has 0 aliphatic rings. The second-order valence-electron chi connectivity index (χ2n) is 25.7. The zero-order valence-corrected chi connectivity index (χ0v) is 65.7. The SMILES string of the molecule is CC/C=C\C/C=C\C/C=C\C/C=C\C/C=C\C/C=C\CCC(=O)OCC(COP(=O)(O)OCC(O)COP(=O)(O)OCC(O)COC(=O)CCCCCCCCCCCCCCCCC/C=C\C/C=C\C/C=C\C/C=C\C/C=C\CC)OC(=O)CCCCCCCCC/C=C\C/C=C\C/C=C\CC. The van der Waals surface area contributed by atoms with E-state index in [0.717, 1.165) is 148 Å². The Morgan fingerprint density at radius 2 is 0.505 bits per heavy atom. The number of phosphoric acid groups is 2. The molecule has 0 saturated carbocycles. The van der Waals surface area contributed by atoms with E-state index < -0.39 is 91.5 Å². The molecule has 0 saturated heterocycles. The van der Waals surface area contributed by atoms with Gasteiger partial charge in [0.05, 0.1) is 26.4 Å². The normalized spacial score (nSPS) is 14.9. The van der Waals surface area contributed by atoms with Crippen molar-refractivity contribution in [3.8, 4) is 0 Å². The van der Waals surface area contributed by atoms with E-state index in [1.54, 1.807) is 0 Å². The standard InChI is InChI=1S/C85H140O16P2/c1-4-7-10-13-16-19-22-25-28-31-33-34-35-36-37-38-39-40-41-42-43-44-46-49-50-53-56-59-62-65-68-71-83(88)95-74-80(86)75-97-102(91,92)98-76-81(87)77-99-103(93,94)100-79-82(101-85(90)73-70-67-64-61-58-55-52-47-30-27-24-21-18-15-12-9-6-3)78-96-84(89)72-69-66-63-60-57-54-51-48-45-32-29-26-23-20-17-14-11-8-5-2/h7-12,16-21,25-30,33-34,36-37,45,48,54,57,63,66,80-82,86-87H,4-6,13-15,22-24,31-32,35,38-44,46-47,49-53,55-56,58-62,64-65,67-79H2,1-3H3,(H,91,92)(H,93,94)/b10-7-,11-8-,12-9-,19-16-,20-17-,21-18-,28-25-,29-26-,30-27-,34-33-,37-36-,48-45-,57-54-,66-63-. The van der Waals surface area contributed by atoms with Gasteiger partial charge in [0, 0.05) is 19.3 Å². The van der Waals surface area contributed by atoms with Gasteiger partial charge in [-0.05, 0) is 135 Å². The second kappa shape index (κ2) is 76.6. The van der Waals surface area contributed by atoms with Gasteiger partial charge < -0.3 is 34.2 Å². The zero-order valence-electron chi connectivity index (χ0n) is 63.9. The molecule has 0 aromatic heterocycles. The second-order valence-corrected chi connectivity index (χ2v) is 28.6. The molecule has 0 rings (SSSR count). The van der Waals surface area contributed by atoms with E-state index in [9.17, 15) is 43.5 Å². The van der Waals surface area contributed by atoms with Crippen molar-refractivity contribution in [2.24, 2.45) is 0 Å². The summed E-state index contributed by atoms with van der Waals surface area (Å²) in [6.07, 6.45) is 97.1. The van der Waals surface area contributed by atoms with E-state index in [4.69, 9.17) is 32.3 Å². The zero-order chi connectivity index (χ0) is 75.2. The Kier molecular flexibility index (Phi) is 72.8. The first-order chi connectivity index (χ1) is 50.2. The average Bonchev–Trinajstić information content (AvgIpc) is 0.917. The van der Waals surface area contributed by atoms with Gasteiger partial charge in [0.25, 0.3) is 0 Å². The fourth-order valence-electron chi connectivity index (χ4n) is 10.1. The molecule has 0 amide bonds. The maximum absolute atomic E-state index is 13.0. The predicted octanol–water partition coefficient (Wildman–Crippen LogP) is 23.2. The van der Waals surface area contributed by atoms with Gasteiger partial charge in [-0.2, -0.15) is 0 Å². The van der Waals surface area contributed by atoms with E-state index in [2.05, 4.69) is 173 Å². The summed E-state index contributed by atoms with van der Waals surface area (Å²) in [7, 11) is -9.82. The van der Waals surface area contributed by atoms with Crippen LogP contribution >= 0.6 is 15.6 Å². The van der Waals surface area contributed by atoms with Gasteiger partial charge in [0.2, 0.25) is 0 Å². The Morgan fingerprint density at radius 3 is 0.825 bits per heavy atom. The minimum atomic E-state index is -4.95. The molecule has 0 bridgehead atoms. The van der Waals surface area contributed by atoms with Gasteiger partial charge in [-0.1, -0.05) is 306 Å². The third-order valence-corrected chi connectivity index (χ3v) is 17.8. The molecule has 5 atom stereocenters. The highest BCUT2D eigenvalue weighted by Crippen LogP contribution is 2.45. The number of allylic oxidation sites excluding steroid dienone is 28. The lowest BCUT2D eigenvalue weighted by molar-refractivity contribution is -0.161. The Labute approximate surface area is 624 Å². The molecule has 18 heteroatoms. The maximum atomic E-state index is 13.0. The van der Waals surface area contributed by atoms with Crippen LogP contribution in [0.2, 0.25) is 0 Å². The molecule has 0 aromatic carbocycles. The monoisotopic (exact) mass is 1480 g/mol. The summed E-state index contributed by atoms with van der Waals surface area (Å²) in [5.74, 6) is -1.69. The molecular weight excluding hydrogens is 1340 g/mol. The third kappa shape index (κ3) is 77.8. The maximum Gasteiger partial charge on any atom is 0.472 e. The smallest absolute Gasteiger partial charge is 0.463 e. The summed E-state index contributed by atoms with van der Waals surface area (Å²) < 4.78 is 61.0. The van der Waals surface area contributed by atoms with Gasteiger partial charge in [-0.25, -0.2) is 9.13 Å². The van der Waals surface area contributed by atoms with Crippen molar-refractivity contribution >= 4 is 33.6 Å². The number of esters is 3. The fraction of sp³-hybridized carbons (Fsp3) is 0.635. The summed E-state index contributed by atoms with van der Waals surface area (Å²) >= 11 is 0. The number of carbonyl (C=O) groups excluding carboxylic acids is 3. The number of aliphatic hydroxyl groups is 2. The van der Waals surface area contributed by atoms with E-state index >= 15 is 0 Å². The quantitative estimate of drug-likeness (QED) is 0.0146. The lowest BCUT2D eigenvalue weighted by Crippen LogP contribution is -2.30. The van der Waals surface area contributed by atoms with Crippen LogP contribution < -0.4 is 0 Å². The van der Waals surface area contributed by atoms with E-state index in [1.807, 2.05) is 18.2 Å². The van der Waals surface area contributed by atoms with Crippen molar-refractivity contribution in [1.29, 1.82) is 0 Å². The molecule has 16 nitrogen and oxygen atoms in total. The predicted molar refractivity (Wildman–Crippen MR) is 426 cm³/mol. The molecule has 0 aromatic rings. The van der Waals surface area contributed by atoms with Crippen molar-refractivity contribution < 1.29 is 75.8 Å². The van der Waals surface area contributed by atoms with Crippen molar-refractivity contribution in [1.82, 2.24) is 0 Å². The number of hydrogen-bond donors (Lipinski definition) is 4. The highest BCUT2D eigenvalue weighted by atomic mass is 31.2. The number of phosphoric ester groups is 2. The van der Waals surface area contributed by atoms with Crippen LogP contribution in [0.3, 0.4) is 0 Å². The van der Waals surface area contributed by atoms with Crippen molar-refractivity contribution in [2.75, 3.05) is 39.6 Å². The Morgan fingerprint density at radius 1 is 0.272 bits per heavy atom. The van der Waals surface area contributed by atoms with Crippen molar-refractivity contribution in [3.63, 3.8) is 0 Å². The third-order valence-electron chi connectivity index (χ3n) is 15.9. The van der Waals surface area contributed by atoms with E-state index in [1.165, 1.54) is 77.0 Å². The lowest BCUT2D eigenvalue weighted by Gasteiger charge is -2.21. The molecule has 0 aliphatic heterocycles. The van der Waals surface area contributed by atoms with Crippen LogP contribution in [0.15, 0.2) is 170 Å². The van der Waals surface area contributed by atoms with E-state index in [-0.39, 0.29) is 19.3 Å². The van der Waals surface area contributed by atoms with Gasteiger partial charge in [-0.15, -0.1) is 0 Å². The van der Waals surface area contributed by atoms with Gasteiger partial charge in [0.1, 0.15) is 25.4 Å². The first-order valence-electron chi connectivity index (χ1n) is 39.4. The number of ether oxygens (including phenoxy) is 3. The minimum Gasteiger partial charge on any atom is -0.463 e. The summed E-state index contributed by atoms with van der Waals surface area (Å²) in [4.78, 5) is 58.6. The molecule has 0 heterocycles. The van der Waals surface area contributed by atoms with Crippen LogP contribution in [0.1, 0.15) is 290 Å². The van der Waals surface area contributed by atoms with Crippen LogP contribution in [0.4, 0.5) is 0 Å². The highest BCUT2D eigenvalue weighted by Gasteiger charge is 2.29. The van der Waals surface area contributed by atoms with Crippen LogP contribution in [-0.2, 0) is 55.8 Å². The fourth-order valence-corrected chi connectivity index (χ4v) is 11.6. The highest BCUT2D eigenvalue weighted by molar-refractivity contribution is 7.47. The first-order valence-corrected chi connectivity index (χ1v) is 42.4. The van der Waals surface area contributed by atoms with Crippen molar-refractivity contribution in [3.05, 3.63) is 170 Å². The molecule has 5 unspecified atom stereocenters. The van der Waals surface area contributed by atoms with E-state index in [0.29, 0.717) is 25.7 Å².